The summed E-state index contributed by atoms with van der Waals surface area (Å²) in [5.74, 6) is 1.53. The molecule has 0 N–H and O–H groups in total. The summed E-state index contributed by atoms with van der Waals surface area (Å²) < 4.78 is 13.1. The van der Waals surface area contributed by atoms with E-state index in [1.165, 1.54) is 21.8 Å². The lowest BCUT2D eigenvalue weighted by Gasteiger charge is -2.20. The minimum atomic E-state index is -0.421. The number of nitrogens with zero attached hydrogens (tertiary/aromatic N) is 1. The lowest BCUT2D eigenvalue weighted by Crippen LogP contribution is -2.26. The van der Waals surface area contributed by atoms with Crippen LogP contribution in [-0.2, 0) is 6.42 Å². The van der Waals surface area contributed by atoms with E-state index >= 15 is 0 Å². The molecule has 2 aromatic carbocycles. The van der Waals surface area contributed by atoms with Crippen LogP contribution in [0.2, 0.25) is 0 Å². The van der Waals surface area contributed by atoms with E-state index in [4.69, 9.17) is 9.47 Å². The Balaban J connectivity index is 1.73. The average molecular weight is 372 g/mol. The second-order valence-electron chi connectivity index (χ2n) is 7.43. The van der Waals surface area contributed by atoms with Crippen LogP contribution in [0.15, 0.2) is 47.4 Å². The van der Waals surface area contributed by atoms with Crippen LogP contribution in [0.3, 0.4) is 0 Å². The Labute approximate surface area is 159 Å². The first-order chi connectivity index (χ1) is 12.3. The van der Waals surface area contributed by atoms with Gasteiger partial charge >= 0.3 is 6.09 Å². The molecule has 0 aromatic heterocycles. The van der Waals surface area contributed by atoms with Gasteiger partial charge in [0.2, 0.25) is 0 Å². The van der Waals surface area contributed by atoms with Crippen molar-refractivity contribution in [3.8, 4) is 11.5 Å². The molecule has 3 rings (SSSR count). The van der Waals surface area contributed by atoms with Gasteiger partial charge in [0.25, 0.3) is 0 Å². The Morgan fingerprint density at radius 2 is 1.92 bits per heavy atom. The van der Waals surface area contributed by atoms with Crippen molar-refractivity contribution in [1.29, 1.82) is 0 Å². The number of carbonyl (C=O) groups is 1. The summed E-state index contributed by atoms with van der Waals surface area (Å²) in [4.78, 5) is 13.6. The molecule has 1 amide bonds. The van der Waals surface area contributed by atoms with Crippen molar-refractivity contribution in [2.75, 3.05) is 7.05 Å². The molecule has 0 aliphatic carbocycles. The molecule has 0 spiro atoms. The fourth-order valence-electron chi connectivity index (χ4n) is 3.05. The molecule has 0 unspecified atom stereocenters. The van der Waals surface area contributed by atoms with Crippen molar-refractivity contribution >= 4 is 18.0 Å². The molecule has 0 radical (unpaired) electrons. The first-order valence-electron chi connectivity index (χ1n) is 8.80. The highest BCUT2D eigenvalue weighted by atomic mass is 32.2. The van der Waals surface area contributed by atoms with Gasteiger partial charge in [0, 0.05) is 23.9 Å². The second-order valence-corrected chi connectivity index (χ2v) is 8.60. The van der Waals surface area contributed by atoms with E-state index in [1.54, 1.807) is 13.1 Å². The van der Waals surface area contributed by atoms with Crippen LogP contribution in [-0.4, -0.2) is 23.0 Å². The number of fused-ring (bicyclic) bond motifs is 1. The topological polar surface area (TPSA) is 38.8 Å². The molecule has 0 saturated carbocycles. The number of carbonyl (C=O) groups excluding carboxylic acids is 1. The molecule has 5 heteroatoms. The summed E-state index contributed by atoms with van der Waals surface area (Å²) >= 11 is 1.38. The van der Waals surface area contributed by atoms with Crippen molar-refractivity contribution in [1.82, 2.24) is 4.31 Å². The number of hydrogen-bond donors (Lipinski definition) is 0. The lowest BCUT2D eigenvalue weighted by atomic mass is 10.0. The standard InChI is InChI=1S/C21H25NO3S/c1-14(2)16-10-6-7-12-18(16)26-22(5)20(23)24-17-11-8-9-15-13-21(3,4)25-19(15)17/h6-12,14H,13H2,1-5H3. The zero-order valence-electron chi connectivity index (χ0n) is 15.9. The van der Waals surface area contributed by atoms with Crippen LogP contribution in [0.5, 0.6) is 11.5 Å². The summed E-state index contributed by atoms with van der Waals surface area (Å²) in [6, 6.07) is 13.8. The molecular formula is C21H25NO3S. The van der Waals surface area contributed by atoms with Gasteiger partial charge in [-0.2, -0.15) is 0 Å². The minimum Gasteiger partial charge on any atom is -0.483 e. The summed E-state index contributed by atoms with van der Waals surface area (Å²) in [6.07, 6.45) is 0.385. The first-order valence-corrected chi connectivity index (χ1v) is 9.57. The Bertz CT molecular complexity index is 817. The molecule has 2 aromatic rings. The van der Waals surface area contributed by atoms with E-state index in [-0.39, 0.29) is 5.60 Å². The molecular weight excluding hydrogens is 346 g/mol. The van der Waals surface area contributed by atoms with Gasteiger partial charge in [-0.3, -0.25) is 0 Å². The molecule has 4 nitrogen and oxygen atoms in total. The van der Waals surface area contributed by atoms with Crippen molar-refractivity contribution in [3.63, 3.8) is 0 Å². The highest BCUT2D eigenvalue weighted by Crippen LogP contribution is 2.42. The summed E-state index contributed by atoms with van der Waals surface area (Å²) in [5, 5.41) is 0. The van der Waals surface area contributed by atoms with Crippen LogP contribution in [0.1, 0.15) is 44.7 Å². The minimum absolute atomic E-state index is 0.276. The Morgan fingerprint density at radius 1 is 1.19 bits per heavy atom. The van der Waals surface area contributed by atoms with Crippen molar-refractivity contribution < 1.29 is 14.3 Å². The van der Waals surface area contributed by atoms with Crippen molar-refractivity contribution in [2.24, 2.45) is 0 Å². The smallest absolute Gasteiger partial charge is 0.425 e. The number of rotatable bonds is 4. The maximum Gasteiger partial charge on any atom is 0.425 e. The predicted octanol–water partition coefficient (Wildman–Crippen LogP) is 5.66. The van der Waals surface area contributed by atoms with E-state index in [1.807, 2.05) is 44.2 Å². The van der Waals surface area contributed by atoms with Gasteiger partial charge in [-0.25, -0.2) is 9.10 Å². The number of hydrogen-bond acceptors (Lipinski definition) is 4. The van der Waals surface area contributed by atoms with Gasteiger partial charge in [0.15, 0.2) is 11.5 Å². The molecule has 1 aliphatic rings. The van der Waals surface area contributed by atoms with E-state index in [2.05, 4.69) is 19.9 Å². The van der Waals surface area contributed by atoms with Crippen LogP contribution < -0.4 is 9.47 Å². The Morgan fingerprint density at radius 3 is 2.65 bits per heavy atom. The predicted molar refractivity (Wildman–Crippen MR) is 105 cm³/mol. The lowest BCUT2D eigenvalue weighted by molar-refractivity contribution is 0.132. The normalized spacial score (nSPS) is 14.7. The van der Waals surface area contributed by atoms with Crippen LogP contribution >= 0.6 is 11.9 Å². The van der Waals surface area contributed by atoms with Gasteiger partial charge < -0.3 is 9.47 Å². The fraction of sp³-hybridized carbons (Fsp3) is 0.381. The first kappa shape index (κ1) is 18.6. The SMILES string of the molecule is CC(C)c1ccccc1SN(C)C(=O)Oc1cccc2c1OC(C)(C)C2. The van der Waals surface area contributed by atoms with Crippen molar-refractivity contribution in [2.45, 2.75) is 50.5 Å². The largest absolute Gasteiger partial charge is 0.483 e. The summed E-state index contributed by atoms with van der Waals surface area (Å²) in [7, 11) is 1.72. The molecule has 26 heavy (non-hydrogen) atoms. The fourth-order valence-corrected chi connectivity index (χ4v) is 4.01. The number of benzene rings is 2. The third-order valence-corrected chi connectivity index (χ3v) is 5.28. The summed E-state index contributed by atoms with van der Waals surface area (Å²) in [6.45, 7) is 8.35. The molecule has 1 heterocycles. The maximum absolute atomic E-state index is 12.6. The number of para-hydroxylation sites is 1. The van der Waals surface area contributed by atoms with E-state index < -0.39 is 6.09 Å². The van der Waals surface area contributed by atoms with E-state index in [9.17, 15) is 4.79 Å². The second kappa shape index (κ2) is 7.23. The Hall–Kier alpha value is -2.14. The molecule has 0 fully saturated rings. The van der Waals surface area contributed by atoms with Crippen LogP contribution in [0.4, 0.5) is 4.79 Å². The highest BCUT2D eigenvalue weighted by Gasteiger charge is 2.33. The zero-order chi connectivity index (χ0) is 18.9. The average Bonchev–Trinajstić information content (AvgIpc) is 2.90. The number of amides is 1. The molecule has 1 aliphatic heterocycles. The Kier molecular flexibility index (Phi) is 5.19. The zero-order valence-corrected chi connectivity index (χ0v) is 16.7. The van der Waals surface area contributed by atoms with Crippen molar-refractivity contribution in [3.05, 3.63) is 53.6 Å². The van der Waals surface area contributed by atoms with Gasteiger partial charge in [-0.15, -0.1) is 0 Å². The summed E-state index contributed by atoms with van der Waals surface area (Å²) in [5.41, 5.74) is 2.01. The maximum atomic E-state index is 12.6. The van der Waals surface area contributed by atoms with Gasteiger partial charge in [-0.1, -0.05) is 44.2 Å². The van der Waals surface area contributed by atoms with Gasteiger partial charge in [-0.05, 0) is 49.4 Å². The van der Waals surface area contributed by atoms with E-state index in [0.29, 0.717) is 17.4 Å². The molecule has 0 bridgehead atoms. The molecule has 0 saturated heterocycles. The van der Waals surface area contributed by atoms with E-state index in [0.717, 1.165) is 16.9 Å². The van der Waals surface area contributed by atoms with Crippen LogP contribution in [0.25, 0.3) is 0 Å². The third kappa shape index (κ3) is 3.98. The quantitative estimate of drug-likeness (QED) is 0.650. The number of ether oxygens (including phenoxy) is 2. The van der Waals surface area contributed by atoms with Crippen LogP contribution in [0, 0.1) is 0 Å². The monoisotopic (exact) mass is 371 g/mol. The van der Waals surface area contributed by atoms with Gasteiger partial charge in [0.1, 0.15) is 5.60 Å². The third-order valence-electron chi connectivity index (χ3n) is 4.29. The highest BCUT2D eigenvalue weighted by molar-refractivity contribution is 7.97. The molecule has 138 valence electrons. The van der Waals surface area contributed by atoms with Gasteiger partial charge in [0.05, 0.1) is 0 Å². The molecule has 0 atom stereocenters.